The number of allylic oxidation sites excluding steroid dienone is 1. The number of ether oxygens (including phenoxy) is 3. The second kappa shape index (κ2) is 19.0. The number of likely N-dealkylation sites (N-methyl/N-ethyl adjacent to an activating group) is 1. The minimum Gasteiger partial charge on any atom is -0.460 e. The SMILES string of the molecule is C=CCO[C@@]12Oc3ccc(Oc4ccc(SC)cc4)cc3[C@H]3[C@H](CCCCO)[C@@H](CCCCO)C=C(C(=NOCC)C[C@@H]1N(C)S(=O)(=O)c1cccc4cccnc14)[C@H]32. The van der Waals surface area contributed by atoms with Crippen LogP contribution < -0.4 is 9.47 Å². The van der Waals surface area contributed by atoms with E-state index in [1.165, 1.54) is 4.31 Å². The van der Waals surface area contributed by atoms with Crippen molar-refractivity contribution in [2.45, 2.75) is 79.4 Å². The van der Waals surface area contributed by atoms with Crippen LogP contribution in [0.1, 0.15) is 63.4 Å². The average molecular weight is 842 g/mol. The van der Waals surface area contributed by atoms with Crippen LogP contribution in [0.25, 0.3) is 10.9 Å². The lowest BCUT2D eigenvalue weighted by molar-refractivity contribution is -0.250. The highest BCUT2D eigenvalue weighted by Crippen LogP contribution is 2.62. The molecule has 7 rings (SSSR count). The highest BCUT2D eigenvalue weighted by molar-refractivity contribution is 7.98. The lowest BCUT2D eigenvalue weighted by Crippen LogP contribution is -2.69. The molecule has 0 spiro atoms. The van der Waals surface area contributed by atoms with Gasteiger partial charge in [0.25, 0.3) is 0 Å². The smallest absolute Gasteiger partial charge is 0.245 e. The maximum absolute atomic E-state index is 15.1. The molecule has 11 nitrogen and oxygen atoms in total. The second-order valence-electron chi connectivity index (χ2n) is 15.3. The second-order valence-corrected chi connectivity index (χ2v) is 18.2. The van der Waals surface area contributed by atoms with Gasteiger partial charge in [0.1, 0.15) is 28.8 Å². The van der Waals surface area contributed by atoms with Crippen molar-refractivity contribution in [3.63, 3.8) is 0 Å². The minimum absolute atomic E-state index is 0.0238. The van der Waals surface area contributed by atoms with E-state index in [0.29, 0.717) is 53.3 Å². The summed E-state index contributed by atoms with van der Waals surface area (Å²) in [5.74, 6) is -0.322. The number of thioether (sulfide) groups is 1. The van der Waals surface area contributed by atoms with Crippen molar-refractivity contribution in [1.82, 2.24) is 9.29 Å². The molecule has 314 valence electrons. The molecule has 2 N–H and O–H groups in total. The van der Waals surface area contributed by atoms with E-state index in [-0.39, 0.29) is 48.9 Å². The van der Waals surface area contributed by atoms with Gasteiger partial charge in [-0.15, -0.1) is 18.3 Å². The summed E-state index contributed by atoms with van der Waals surface area (Å²) in [6.45, 7) is 6.46. The Hall–Kier alpha value is -4.24. The molecule has 1 fully saturated rings. The summed E-state index contributed by atoms with van der Waals surface area (Å²) in [4.78, 5) is 11.5. The van der Waals surface area contributed by atoms with Gasteiger partial charge in [0.2, 0.25) is 15.8 Å². The third kappa shape index (κ3) is 8.55. The van der Waals surface area contributed by atoms with E-state index in [2.05, 4.69) is 23.7 Å². The van der Waals surface area contributed by atoms with Gasteiger partial charge in [0.15, 0.2) is 0 Å². The van der Waals surface area contributed by atoms with Crippen molar-refractivity contribution >= 4 is 38.4 Å². The van der Waals surface area contributed by atoms with Gasteiger partial charge in [-0.25, -0.2) is 8.42 Å². The first-order valence-electron chi connectivity index (χ1n) is 20.5. The van der Waals surface area contributed by atoms with E-state index >= 15 is 8.42 Å². The maximum atomic E-state index is 15.1. The molecule has 2 heterocycles. The molecule has 59 heavy (non-hydrogen) atoms. The first-order valence-corrected chi connectivity index (χ1v) is 23.2. The normalized spacial score (nSPS) is 24.3. The van der Waals surface area contributed by atoms with Crippen LogP contribution >= 0.6 is 11.8 Å². The molecule has 1 aliphatic heterocycles. The molecule has 2 aliphatic carbocycles. The molecule has 1 aromatic heterocycles. The monoisotopic (exact) mass is 841 g/mol. The Kier molecular flexibility index (Phi) is 13.8. The Morgan fingerprint density at radius 3 is 2.49 bits per heavy atom. The van der Waals surface area contributed by atoms with E-state index < -0.39 is 27.8 Å². The summed E-state index contributed by atoms with van der Waals surface area (Å²) in [6, 6.07) is 21.7. The van der Waals surface area contributed by atoms with Crippen LogP contribution in [0.4, 0.5) is 0 Å². The third-order valence-electron chi connectivity index (χ3n) is 11.9. The summed E-state index contributed by atoms with van der Waals surface area (Å²) in [6.07, 6.45) is 12.2. The van der Waals surface area contributed by atoms with Crippen molar-refractivity contribution < 1.29 is 37.7 Å². The van der Waals surface area contributed by atoms with Crippen LogP contribution in [-0.2, 0) is 19.6 Å². The molecule has 6 atom stereocenters. The molecule has 3 aromatic carbocycles. The molecule has 0 unspecified atom stereocenters. The summed E-state index contributed by atoms with van der Waals surface area (Å²) >= 11 is 1.66. The molecule has 1 saturated carbocycles. The Balaban J connectivity index is 1.44. The zero-order valence-electron chi connectivity index (χ0n) is 34.0. The minimum atomic E-state index is -4.23. The number of aliphatic hydroxyl groups is 2. The highest BCUT2D eigenvalue weighted by Gasteiger charge is 2.65. The Labute approximate surface area is 352 Å². The molecule has 0 saturated heterocycles. The molecule has 0 bridgehead atoms. The number of oxime groups is 1. The summed E-state index contributed by atoms with van der Waals surface area (Å²) in [5.41, 5.74) is 2.84. The fourth-order valence-electron chi connectivity index (χ4n) is 9.30. The number of nitrogens with zero attached hydrogens (tertiary/aromatic N) is 3. The van der Waals surface area contributed by atoms with Gasteiger partial charge in [-0.3, -0.25) is 4.98 Å². The Morgan fingerprint density at radius 2 is 1.76 bits per heavy atom. The molecule has 4 aromatic rings. The van der Waals surface area contributed by atoms with Crippen molar-refractivity contribution in [2.75, 3.05) is 39.7 Å². The van der Waals surface area contributed by atoms with Crippen LogP contribution in [0, 0.1) is 17.8 Å². The van der Waals surface area contributed by atoms with E-state index in [4.69, 9.17) is 24.2 Å². The Morgan fingerprint density at radius 1 is 1.02 bits per heavy atom. The zero-order valence-corrected chi connectivity index (χ0v) is 35.7. The first kappa shape index (κ1) is 42.9. The number of pyridine rings is 1. The van der Waals surface area contributed by atoms with Crippen molar-refractivity contribution in [1.29, 1.82) is 0 Å². The number of hydrogen-bond donors (Lipinski definition) is 2. The fourth-order valence-corrected chi connectivity index (χ4v) is 11.2. The van der Waals surface area contributed by atoms with E-state index in [9.17, 15) is 10.2 Å². The van der Waals surface area contributed by atoms with Gasteiger partial charge in [0, 0.05) is 54.6 Å². The van der Waals surface area contributed by atoms with Crippen LogP contribution in [0.15, 0.2) is 118 Å². The van der Waals surface area contributed by atoms with Gasteiger partial charge in [-0.05, 0) is 111 Å². The molecule has 0 amide bonds. The van der Waals surface area contributed by atoms with Crippen molar-refractivity contribution in [2.24, 2.45) is 22.9 Å². The molecule has 0 radical (unpaired) electrons. The van der Waals surface area contributed by atoms with Crippen LogP contribution in [0.5, 0.6) is 17.2 Å². The number of hydrogen-bond acceptors (Lipinski definition) is 11. The number of sulfonamides is 1. The zero-order chi connectivity index (χ0) is 41.6. The molecular weight excluding hydrogens is 787 g/mol. The van der Waals surface area contributed by atoms with Crippen LogP contribution in [-0.4, -0.2) is 85.2 Å². The standard InChI is InChI=1S/C46H55N3O8S2/c1-5-27-54-46-42(49(3)59(52,53)41-17-11-14-31-15-12-24-47-45(31)41)30-39(48-55-6-2)37-28-32(13-7-9-25-50)36(16-8-10-26-51)43(44(37)46)38-29-34(20-23-40(38)57-46)56-33-18-21-35(58-4)22-19-33/h5,11-12,14-15,17-24,28-29,32,36,42-44,50-51H,1,6-10,13,16,25-27,30H2,2-4H3/t32-,36+,42-,43+,44+,46+/m0/s1. The van der Waals surface area contributed by atoms with Gasteiger partial charge in [-0.2, -0.15) is 4.31 Å². The number of fused-ring (bicyclic) bond motifs is 3. The highest BCUT2D eigenvalue weighted by atomic mass is 32.2. The number of unbranched alkanes of at least 4 members (excludes halogenated alkanes) is 2. The summed E-state index contributed by atoms with van der Waals surface area (Å²) < 4.78 is 52.2. The van der Waals surface area contributed by atoms with Crippen molar-refractivity contribution in [3.05, 3.63) is 109 Å². The number of aliphatic hydroxyl groups excluding tert-OH is 2. The summed E-state index contributed by atoms with van der Waals surface area (Å²) in [7, 11) is -2.65. The predicted octanol–water partition coefficient (Wildman–Crippen LogP) is 8.72. The average Bonchev–Trinajstić information content (AvgIpc) is 3.26. The maximum Gasteiger partial charge on any atom is 0.245 e. The fraction of sp³-hybridized carbons (Fsp3) is 0.435. The molecule has 3 aliphatic rings. The quantitative estimate of drug-likeness (QED) is 0.0408. The van der Waals surface area contributed by atoms with Crippen molar-refractivity contribution in [3.8, 4) is 17.2 Å². The molecular formula is C46H55N3O8S2. The molecule has 13 heteroatoms. The third-order valence-corrected chi connectivity index (χ3v) is 14.6. The number of para-hydroxylation sites is 1. The largest absolute Gasteiger partial charge is 0.460 e. The topological polar surface area (TPSA) is 140 Å². The summed E-state index contributed by atoms with van der Waals surface area (Å²) in [5, 5.41) is 25.2. The van der Waals surface area contributed by atoms with Crippen LogP contribution in [0.2, 0.25) is 0 Å². The van der Waals surface area contributed by atoms with Gasteiger partial charge >= 0.3 is 0 Å². The van der Waals surface area contributed by atoms with E-state index in [1.54, 1.807) is 49.3 Å². The van der Waals surface area contributed by atoms with Gasteiger partial charge in [0.05, 0.1) is 29.8 Å². The van der Waals surface area contributed by atoms with Gasteiger partial charge in [-0.1, -0.05) is 48.3 Å². The van der Waals surface area contributed by atoms with E-state index in [1.807, 2.05) is 61.7 Å². The van der Waals surface area contributed by atoms with E-state index in [0.717, 1.165) is 41.7 Å². The van der Waals surface area contributed by atoms with Gasteiger partial charge < -0.3 is 29.3 Å². The Bertz CT molecular complexity index is 2260. The number of benzene rings is 3. The predicted molar refractivity (Wildman–Crippen MR) is 232 cm³/mol. The first-order chi connectivity index (χ1) is 28.7. The number of aromatic nitrogens is 1. The van der Waals surface area contributed by atoms with Crippen LogP contribution in [0.3, 0.4) is 0 Å². The lowest BCUT2D eigenvalue weighted by Gasteiger charge is -2.59. The lowest BCUT2D eigenvalue weighted by atomic mass is 9.55. The number of rotatable bonds is 19.